The second kappa shape index (κ2) is 10.9. The minimum atomic E-state index is -2.73. The molecule has 0 radical (unpaired) electrons. The van der Waals surface area contributed by atoms with Gasteiger partial charge < -0.3 is 4.57 Å². The summed E-state index contributed by atoms with van der Waals surface area (Å²) in [5.41, 5.74) is 9.21. The van der Waals surface area contributed by atoms with Crippen molar-refractivity contribution in [3.05, 3.63) is 152 Å². The first kappa shape index (κ1) is 27.1. The van der Waals surface area contributed by atoms with Crippen LogP contribution in [0.25, 0.3) is 67.5 Å². The second-order valence-corrected chi connectivity index (χ2v) is 14.1. The van der Waals surface area contributed by atoms with Crippen molar-refractivity contribution in [2.75, 3.05) is 6.66 Å². The number of benzene rings is 6. The molecule has 1 unspecified atom stereocenters. The average molecular weight is 598 g/mol. The Morgan fingerprint density at radius 3 is 1.49 bits per heavy atom. The molecule has 0 fully saturated rings. The molecule has 0 N–H and O–H groups in total. The lowest BCUT2D eigenvalue weighted by molar-refractivity contribution is 0.591. The lowest BCUT2D eigenvalue weighted by atomic mass is 9.96. The van der Waals surface area contributed by atoms with Gasteiger partial charge in [0.15, 0.2) is 17.5 Å². The fraction of sp³-hybridized carbons (Fsp3) is 0.0250. The Morgan fingerprint density at radius 1 is 0.400 bits per heavy atom. The number of hydrogen-bond acceptors (Lipinski definition) is 4. The molecule has 4 nitrogen and oxygen atoms in total. The number of aromatic nitrogens is 3. The standard InChI is InChI=1S/C40H28N3OP/c1-45(44)36-21-9-8-18-34(36)35-20-11-19-33(37(35)45)32-17-10-16-31(26-32)27-22-24-30(25-23-27)40-42-38(28-12-4-2-5-13-28)41-39(43-40)29-14-6-3-7-15-29/h2-26H,1H3. The molecule has 0 spiro atoms. The van der Waals surface area contributed by atoms with Gasteiger partial charge in [0.2, 0.25) is 0 Å². The van der Waals surface area contributed by atoms with Crippen molar-refractivity contribution < 1.29 is 4.57 Å². The van der Waals surface area contributed by atoms with E-state index in [1.807, 2.05) is 85.5 Å². The highest BCUT2D eigenvalue weighted by molar-refractivity contribution is 7.79. The van der Waals surface area contributed by atoms with E-state index >= 15 is 0 Å². The molecular weight excluding hydrogens is 569 g/mol. The zero-order valence-electron chi connectivity index (χ0n) is 24.6. The molecule has 5 heteroatoms. The Balaban J connectivity index is 1.17. The minimum absolute atomic E-state index is 0.626. The topological polar surface area (TPSA) is 55.7 Å². The SMILES string of the molecule is CP1(=O)c2ccccc2-c2cccc(-c3cccc(-c4ccc(-c5nc(-c6ccccc6)nc(-c6ccccc6)n5)cc4)c3)c21. The van der Waals surface area contributed by atoms with Gasteiger partial charge in [0.25, 0.3) is 0 Å². The van der Waals surface area contributed by atoms with Crippen LogP contribution in [-0.2, 0) is 4.57 Å². The number of nitrogens with zero attached hydrogens (tertiary/aromatic N) is 3. The Hall–Kier alpha value is -5.44. The van der Waals surface area contributed by atoms with Crippen LogP contribution in [0.1, 0.15) is 0 Å². The third kappa shape index (κ3) is 4.81. The zero-order chi connectivity index (χ0) is 30.4. The van der Waals surface area contributed by atoms with Crippen molar-refractivity contribution in [3.63, 3.8) is 0 Å². The molecule has 2 heterocycles. The molecule has 0 saturated carbocycles. The van der Waals surface area contributed by atoms with Gasteiger partial charge >= 0.3 is 0 Å². The highest BCUT2D eigenvalue weighted by Crippen LogP contribution is 2.52. The van der Waals surface area contributed by atoms with E-state index in [0.717, 1.165) is 60.7 Å². The van der Waals surface area contributed by atoms with Crippen LogP contribution in [-0.4, -0.2) is 21.6 Å². The number of fused-ring (bicyclic) bond motifs is 3. The Morgan fingerprint density at radius 2 is 0.844 bits per heavy atom. The summed E-state index contributed by atoms with van der Waals surface area (Å²) in [5, 5.41) is 1.90. The van der Waals surface area contributed by atoms with Gasteiger partial charge in [-0.15, -0.1) is 0 Å². The maximum atomic E-state index is 14.2. The molecule has 0 aliphatic carbocycles. The van der Waals surface area contributed by atoms with Gasteiger partial charge in [-0.25, -0.2) is 15.0 Å². The predicted octanol–water partition coefficient (Wildman–Crippen LogP) is 9.13. The van der Waals surface area contributed by atoms with E-state index < -0.39 is 7.14 Å². The molecular formula is C40H28N3OP. The van der Waals surface area contributed by atoms with E-state index in [2.05, 4.69) is 72.8 Å². The summed E-state index contributed by atoms with van der Waals surface area (Å²) < 4.78 is 14.2. The fourth-order valence-corrected chi connectivity index (χ4v) is 8.85. The first-order valence-electron chi connectivity index (χ1n) is 15.0. The van der Waals surface area contributed by atoms with Gasteiger partial charge in [-0.3, -0.25) is 0 Å². The second-order valence-electron chi connectivity index (χ2n) is 11.3. The number of hydrogen-bond donors (Lipinski definition) is 0. The Labute approximate surface area is 262 Å². The van der Waals surface area contributed by atoms with Crippen LogP contribution in [0.4, 0.5) is 0 Å². The highest BCUT2D eigenvalue weighted by atomic mass is 31.2. The maximum absolute atomic E-state index is 14.2. The Kier molecular flexibility index (Phi) is 6.59. The van der Waals surface area contributed by atoms with Crippen molar-refractivity contribution in [3.8, 4) is 67.5 Å². The molecule has 7 aromatic rings. The molecule has 214 valence electrons. The van der Waals surface area contributed by atoms with Crippen molar-refractivity contribution >= 4 is 17.8 Å². The summed E-state index contributed by atoms with van der Waals surface area (Å²) in [6.45, 7) is 1.90. The van der Waals surface area contributed by atoms with Crippen LogP contribution in [0.15, 0.2) is 152 Å². The lowest BCUT2D eigenvalue weighted by Gasteiger charge is -2.15. The summed E-state index contributed by atoms with van der Waals surface area (Å²) >= 11 is 0. The third-order valence-corrected chi connectivity index (χ3v) is 11.1. The monoisotopic (exact) mass is 597 g/mol. The van der Waals surface area contributed by atoms with E-state index in [1.165, 1.54) is 0 Å². The molecule has 0 bridgehead atoms. The van der Waals surface area contributed by atoms with E-state index in [0.29, 0.717) is 17.5 Å². The summed E-state index contributed by atoms with van der Waals surface area (Å²) in [4.78, 5) is 14.6. The molecule has 0 saturated heterocycles. The van der Waals surface area contributed by atoms with Crippen molar-refractivity contribution in [1.29, 1.82) is 0 Å². The molecule has 1 aromatic heterocycles. The van der Waals surface area contributed by atoms with Crippen LogP contribution < -0.4 is 10.6 Å². The van der Waals surface area contributed by atoms with E-state index in [-0.39, 0.29) is 0 Å². The molecule has 45 heavy (non-hydrogen) atoms. The largest absolute Gasteiger partial charge is 0.314 e. The van der Waals surface area contributed by atoms with Crippen LogP contribution >= 0.6 is 7.14 Å². The van der Waals surface area contributed by atoms with Crippen LogP contribution in [0.2, 0.25) is 0 Å². The van der Waals surface area contributed by atoms with Gasteiger partial charge in [0, 0.05) is 27.3 Å². The van der Waals surface area contributed by atoms with Crippen molar-refractivity contribution in [1.82, 2.24) is 15.0 Å². The first-order valence-corrected chi connectivity index (χ1v) is 17.1. The third-order valence-electron chi connectivity index (χ3n) is 8.47. The van der Waals surface area contributed by atoms with Crippen LogP contribution in [0.5, 0.6) is 0 Å². The Bertz CT molecular complexity index is 2190. The molecule has 1 aliphatic heterocycles. The summed E-state index contributed by atoms with van der Waals surface area (Å²) in [7, 11) is -2.73. The van der Waals surface area contributed by atoms with Crippen molar-refractivity contribution in [2.24, 2.45) is 0 Å². The summed E-state index contributed by atoms with van der Waals surface area (Å²) in [6, 6.07) is 51.2. The van der Waals surface area contributed by atoms with Gasteiger partial charge in [0.05, 0.1) is 0 Å². The van der Waals surface area contributed by atoms with Gasteiger partial charge in [-0.2, -0.15) is 0 Å². The van der Waals surface area contributed by atoms with E-state index in [4.69, 9.17) is 15.0 Å². The lowest BCUT2D eigenvalue weighted by Crippen LogP contribution is -2.11. The molecule has 0 amide bonds. The molecule has 6 aromatic carbocycles. The summed E-state index contributed by atoms with van der Waals surface area (Å²) in [5.74, 6) is 1.91. The predicted molar refractivity (Wildman–Crippen MR) is 185 cm³/mol. The maximum Gasteiger partial charge on any atom is 0.164 e. The molecule has 1 atom stereocenters. The quantitative estimate of drug-likeness (QED) is 0.186. The van der Waals surface area contributed by atoms with Crippen LogP contribution in [0.3, 0.4) is 0 Å². The first-order chi connectivity index (χ1) is 22.1. The fourth-order valence-electron chi connectivity index (χ4n) is 6.26. The minimum Gasteiger partial charge on any atom is -0.314 e. The smallest absolute Gasteiger partial charge is 0.164 e. The van der Waals surface area contributed by atoms with Crippen LogP contribution in [0, 0.1) is 0 Å². The zero-order valence-corrected chi connectivity index (χ0v) is 25.5. The van der Waals surface area contributed by atoms with Gasteiger partial charge in [0.1, 0.15) is 7.14 Å². The number of rotatable bonds is 5. The van der Waals surface area contributed by atoms with E-state index in [1.54, 1.807) is 0 Å². The van der Waals surface area contributed by atoms with E-state index in [9.17, 15) is 4.57 Å². The van der Waals surface area contributed by atoms with Crippen molar-refractivity contribution in [2.45, 2.75) is 0 Å². The molecule has 8 rings (SSSR count). The van der Waals surface area contributed by atoms with Gasteiger partial charge in [-0.05, 0) is 46.1 Å². The normalized spacial score (nSPS) is 15.0. The molecule has 1 aliphatic rings. The van der Waals surface area contributed by atoms with Gasteiger partial charge in [-0.1, -0.05) is 146 Å². The summed E-state index contributed by atoms with van der Waals surface area (Å²) in [6.07, 6.45) is 0. The highest BCUT2D eigenvalue weighted by Gasteiger charge is 2.36. The average Bonchev–Trinajstić information content (AvgIpc) is 3.35.